The highest BCUT2D eigenvalue weighted by Crippen LogP contribution is 2.25. The van der Waals surface area contributed by atoms with Crippen LogP contribution >= 0.6 is 11.6 Å². The summed E-state index contributed by atoms with van der Waals surface area (Å²) in [5.41, 5.74) is 8.51. The van der Waals surface area contributed by atoms with E-state index in [4.69, 9.17) is 22.1 Å². The maximum atomic E-state index is 13.2. The summed E-state index contributed by atoms with van der Waals surface area (Å²) in [6.07, 6.45) is 2.62. The summed E-state index contributed by atoms with van der Waals surface area (Å²) in [6, 6.07) is 5.83. The number of H-pyrrole nitrogens is 1. The molecule has 0 unspecified atom stereocenters. The van der Waals surface area contributed by atoms with Crippen LogP contribution in [-0.4, -0.2) is 28.1 Å². The molecule has 0 atom stereocenters. The van der Waals surface area contributed by atoms with Crippen molar-refractivity contribution in [1.29, 1.82) is 0 Å². The molecule has 2 aromatic heterocycles. The summed E-state index contributed by atoms with van der Waals surface area (Å²) >= 11 is 5.72. The van der Waals surface area contributed by atoms with E-state index in [1.807, 2.05) is 7.05 Å². The first-order valence-corrected chi connectivity index (χ1v) is 8.68. The van der Waals surface area contributed by atoms with Crippen LogP contribution in [0.5, 0.6) is 5.88 Å². The van der Waals surface area contributed by atoms with Crippen molar-refractivity contribution in [3.05, 3.63) is 58.6 Å². The van der Waals surface area contributed by atoms with Crippen LogP contribution in [0, 0.1) is 5.82 Å². The largest absolute Gasteiger partial charge is 0.414 e. The van der Waals surface area contributed by atoms with Gasteiger partial charge in [-0.3, -0.25) is 0 Å². The van der Waals surface area contributed by atoms with E-state index in [1.165, 1.54) is 18.2 Å². The van der Waals surface area contributed by atoms with Gasteiger partial charge in [0.15, 0.2) is 0 Å². The number of nitrogens with zero attached hydrogens (tertiary/aromatic N) is 2. The van der Waals surface area contributed by atoms with Crippen LogP contribution in [0.4, 0.5) is 15.1 Å². The van der Waals surface area contributed by atoms with E-state index in [9.17, 15) is 9.18 Å². The number of nitrogen functional groups attached to an aromatic ring is 1. The maximum Gasteiger partial charge on any atom is 0.414 e. The number of amides is 1. The fourth-order valence-corrected chi connectivity index (χ4v) is 2.72. The zero-order valence-corrected chi connectivity index (χ0v) is 15.7. The fraction of sp³-hybridized carbons (Fsp3) is 0.167. The molecule has 3 aromatic rings. The van der Waals surface area contributed by atoms with Crippen LogP contribution in [0.3, 0.4) is 0 Å². The third-order valence-electron chi connectivity index (χ3n) is 3.80. The molecule has 0 radical (unpaired) electrons. The standard InChI is InChI=1S/C18H18ClFN6O2/c1-22-7-12-9-24-17(21)26-16(12)11-5-15(23-8-11)28-18(27)25-6-10-2-3-14(20)13(19)4-10/h2-5,8-9,22-23H,6-7H2,1H3,(H,25,27)(H2,21,24,26). The molecule has 0 saturated carbocycles. The average molecular weight is 405 g/mol. The zero-order valence-electron chi connectivity index (χ0n) is 14.9. The molecular formula is C18H18ClFN6O2. The van der Waals surface area contributed by atoms with Crippen molar-refractivity contribution in [2.75, 3.05) is 12.8 Å². The van der Waals surface area contributed by atoms with Gasteiger partial charge in [-0.15, -0.1) is 0 Å². The second-order valence-electron chi connectivity index (χ2n) is 5.88. The summed E-state index contributed by atoms with van der Waals surface area (Å²) in [4.78, 5) is 23.1. The number of nitrogens with two attached hydrogens (primary N) is 1. The van der Waals surface area contributed by atoms with Gasteiger partial charge in [0.25, 0.3) is 0 Å². The molecule has 3 rings (SSSR count). The number of benzene rings is 1. The Labute approximate surface area is 165 Å². The zero-order chi connectivity index (χ0) is 20.1. The van der Waals surface area contributed by atoms with Gasteiger partial charge >= 0.3 is 6.09 Å². The van der Waals surface area contributed by atoms with Gasteiger partial charge in [0, 0.05) is 42.7 Å². The molecule has 0 aliphatic rings. The number of nitrogens with one attached hydrogen (secondary N) is 3. The van der Waals surface area contributed by atoms with Crippen LogP contribution in [0.25, 0.3) is 11.3 Å². The molecule has 1 aromatic carbocycles. The Morgan fingerprint density at radius 3 is 2.93 bits per heavy atom. The predicted molar refractivity (Wildman–Crippen MR) is 103 cm³/mol. The molecule has 0 saturated heterocycles. The minimum absolute atomic E-state index is 0.0109. The van der Waals surface area contributed by atoms with Crippen molar-refractivity contribution in [3.8, 4) is 17.1 Å². The van der Waals surface area contributed by atoms with E-state index in [0.29, 0.717) is 23.4 Å². The van der Waals surface area contributed by atoms with Gasteiger partial charge in [-0.25, -0.2) is 19.2 Å². The van der Waals surface area contributed by atoms with Crippen molar-refractivity contribution in [2.45, 2.75) is 13.1 Å². The fourth-order valence-electron chi connectivity index (χ4n) is 2.52. The third kappa shape index (κ3) is 4.76. The molecular weight excluding hydrogens is 387 g/mol. The van der Waals surface area contributed by atoms with Gasteiger partial charge in [-0.2, -0.15) is 0 Å². The van der Waals surface area contributed by atoms with Crippen LogP contribution < -0.4 is 21.1 Å². The lowest BCUT2D eigenvalue weighted by Crippen LogP contribution is -2.26. The topological polar surface area (TPSA) is 118 Å². The van der Waals surface area contributed by atoms with Crippen molar-refractivity contribution < 1.29 is 13.9 Å². The van der Waals surface area contributed by atoms with Gasteiger partial charge in [0.05, 0.1) is 10.7 Å². The van der Waals surface area contributed by atoms with Gasteiger partial charge < -0.3 is 26.1 Å². The smallest absolute Gasteiger partial charge is 0.393 e. The van der Waals surface area contributed by atoms with Crippen molar-refractivity contribution in [2.24, 2.45) is 0 Å². The lowest BCUT2D eigenvalue weighted by Gasteiger charge is -2.07. The number of carbonyl (C=O) groups is 1. The predicted octanol–water partition coefficient (Wildman–Crippen LogP) is 2.85. The monoisotopic (exact) mass is 404 g/mol. The summed E-state index contributed by atoms with van der Waals surface area (Å²) in [5, 5.41) is 5.59. The molecule has 1 amide bonds. The highest BCUT2D eigenvalue weighted by atomic mass is 35.5. The van der Waals surface area contributed by atoms with E-state index < -0.39 is 11.9 Å². The van der Waals surface area contributed by atoms with Crippen molar-refractivity contribution in [1.82, 2.24) is 25.6 Å². The van der Waals surface area contributed by atoms with Crippen molar-refractivity contribution in [3.63, 3.8) is 0 Å². The van der Waals surface area contributed by atoms with Crippen LogP contribution in [-0.2, 0) is 13.1 Å². The second-order valence-corrected chi connectivity index (χ2v) is 6.28. The minimum Gasteiger partial charge on any atom is -0.393 e. The van der Waals surface area contributed by atoms with E-state index >= 15 is 0 Å². The first kappa shape index (κ1) is 19.6. The van der Waals surface area contributed by atoms with E-state index in [2.05, 4.69) is 25.6 Å². The van der Waals surface area contributed by atoms with Crippen LogP contribution in [0.1, 0.15) is 11.1 Å². The van der Waals surface area contributed by atoms with Gasteiger partial charge in [-0.05, 0) is 24.7 Å². The SMILES string of the molecule is CNCc1cnc(N)nc1-c1c[nH]c(OC(=O)NCc2ccc(F)c(Cl)c2)c1. The van der Waals surface area contributed by atoms with Crippen molar-refractivity contribution >= 4 is 23.6 Å². The molecule has 0 spiro atoms. The Balaban J connectivity index is 1.65. The number of carbonyl (C=O) groups excluding carboxylic acids is 1. The highest BCUT2D eigenvalue weighted by Gasteiger charge is 2.13. The lowest BCUT2D eigenvalue weighted by molar-refractivity contribution is 0.198. The quantitative estimate of drug-likeness (QED) is 0.501. The Hall–Kier alpha value is -3.17. The Morgan fingerprint density at radius 1 is 1.36 bits per heavy atom. The van der Waals surface area contributed by atoms with E-state index in [0.717, 1.165) is 5.56 Å². The molecule has 8 nitrogen and oxygen atoms in total. The Bertz CT molecular complexity index is 994. The minimum atomic E-state index is -0.675. The van der Waals surface area contributed by atoms with Crippen LogP contribution in [0.15, 0.2) is 36.7 Å². The van der Waals surface area contributed by atoms with Gasteiger partial charge in [0.1, 0.15) is 5.82 Å². The first-order valence-electron chi connectivity index (χ1n) is 8.30. The molecule has 0 aliphatic carbocycles. The van der Waals surface area contributed by atoms with Gasteiger partial charge in [0.2, 0.25) is 11.8 Å². The second kappa shape index (κ2) is 8.68. The number of anilines is 1. The molecule has 10 heteroatoms. The van der Waals surface area contributed by atoms with E-state index in [1.54, 1.807) is 18.5 Å². The first-order chi connectivity index (χ1) is 13.5. The molecule has 146 valence electrons. The number of rotatable bonds is 6. The average Bonchev–Trinajstić information content (AvgIpc) is 3.12. The number of ether oxygens (including phenoxy) is 1. The number of hydrogen-bond acceptors (Lipinski definition) is 6. The highest BCUT2D eigenvalue weighted by molar-refractivity contribution is 6.30. The van der Waals surface area contributed by atoms with Crippen LogP contribution in [0.2, 0.25) is 5.02 Å². The summed E-state index contributed by atoms with van der Waals surface area (Å²) in [7, 11) is 1.81. The van der Waals surface area contributed by atoms with E-state index in [-0.39, 0.29) is 23.4 Å². The molecule has 2 heterocycles. The number of halogens is 2. The molecule has 0 fully saturated rings. The normalized spacial score (nSPS) is 10.7. The molecule has 0 aliphatic heterocycles. The summed E-state index contributed by atoms with van der Waals surface area (Å²) in [5.74, 6) is -0.138. The molecule has 0 bridgehead atoms. The van der Waals surface area contributed by atoms with Gasteiger partial charge in [-0.1, -0.05) is 17.7 Å². The summed E-state index contributed by atoms with van der Waals surface area (Å²) in [6.45, 7) is 0.693. The Morgan fingerprint density at radius 2 is 2.18 bits per heavy atom. The lowest BCUT2D eigenvalue weighted by atomic mass is 10.1. The Kier molecular flexibility index (Phi) is 6.07. The summed E-state index contributed by atoms with van der Waals surface area (Å²) < 4.78 is 18.4. The number of aromatic amines is 1. The molecule has 28 heavy (non-hydrogen) atoms. The maximum absolute atomic E-state index is 13.2. The number of aromatic nitrogens is 3. The number of hydrogen-bond donors (Lipinski definition) is 4. The molecule has 5 N–H and O–H groups in total. The third-order valence-corrected chi connectivity index (χ3v) is 4.09.